The molecule has 5 atom stereocenters. The second kappa shape index (κ2) is 9.72. The predicted molar refractivity (Wildman–Crippen MR) is 115 cm³/mol. The van der Waals surface area contributed by atoms with Crippen molar-refractivity contribution in [2.24, 2.45) is 0 Å². The third-order valence-electron chi connectivity index (χ3n) is 5.20. The van der Waals surface area contributed by atoms with Gasteiger partial charge in [0, 0.05) is 17.7 Å². The van der Waals surface area contributed by atoms with Gasteiger partial charge in [0.05, 0.1) is 6.10 Å². The molecule has 0 unspecified atom stereocenters. The summed E-state index contributed by atoms with van der Waals surface area (Å²) in [5, 5.41) is 69.2. The normalized spacial score (nSPS) is 24.2. The minimum Gasteiger partial charge on any atom is -0.508 e. The van der Waals surface area contributed by atoms with E-state index in [9.17, 15) is 40.5 Å². The number of ether oxygens (including phenoxy) is 2. The van der Waals surface area contributed by atoms with Gasteiger partial charge in [-0.2, -0.15) is 0 Å². The summed E-state index contributed by atoms with van der Waals surface area (Å²) in [4.78, 5) is 13.2. The summed E-state index contributed by atoms with van der Waals surface area (Å²) in [6.07, 6.45) is -7.35. The Hall–Kier alpha value is -3.59. The summed E-state index contributed by atoms with van der Waals surface area (Å²) in [6.45, 7) is 1.42. The predicted octanol–water partition coefficient (Wildman–Crippen LogP) is -1.16. The van der Waals surface area contributed by atoms with E-state index in [0.717, 1.165) is 24.3 Å². The number of aliphatic hydroxyl groups is 3. The summed E-state index contributed by atoms with van der Waals surface area (Å²) < 4.78 is 16.6. The average Bonchev–Trinajstić information content (AvgIpc) is 2.73. The lowest BCUT2D eigenvalue weighted by Crippen LogP contribution is -2.58. The first-order valence-corrected chi connectivity index (χ1v) is 9.50. The van der Waals surface area contributed by atoms with Gasteiger partial charge in [-0.25, -0.2) is 0 Å². The first-order valence-electron chi connectivity index (χ1n) is 9.50. The Morgan fingerprint density at radius 3 is 2.18 bits per heavy atom. The van der Waals surface area contributed by atoms with Crippen LogP contribution in [0.25, 0.3) is 22.3 Å². The summed E-state index contributed by atoms with van der Waals surface area (Å²) in [5.41, 5.74) is -1.05. The zero-order valence-electron chi connectivity index (χ0n) is 17.5. The molecule has 2 heterocycles. The Morgan fingerprint density at radius 1 is 0.853 bits per heavy atom. The monoisotopic (exact) mass is 484 g/mol. The Balaban J connectivity index is 0.00000204. The van der Waals surface area contributed by atoms with Crippen LogP contribution in [0.4, 0.5) is 0 Å². The number of hydrogen-bond donors (Lipinski definition) is 7. The molecule has 0 bridgehead atoms. The van der Waals surface area contributed by atoms with E-state index in [1.165, 1.54) is 13.0 Å². The number of phenolic OH excluding ortho intramolecular Hbond substituents is 4. The molecular formula is C21H24O13. The molecule has 0 radical (unpaired) electrons. The Morgan fingerprint density at radius 2 is 1.53 bits per heavy atom. The van der Waals surface area contributed by atoms with Crippen LogP contribution >= 0.6 is 0 Å². The van der Waals surface area contributed by atoms with Crippen LogP contribution in [0, 0.1) is 0 Å². The topological polar surface area (TPSA) is 253 Å². The lowest BCUT2D eigenvalue weighted by atomic mass is 10.00. The van der Waals surface area contributed by atoms with Crippen molar-refractivity contribution in [2.75, 3.05) is 0 Å². The molecule has 1 aliphatic heterocycles. The van der Waals surface area contributed by atoms with Crippen molar-refractivity contribution in [3.63, 3.8) is 0 Å². The SMILES string of the molecule is C[C@@H]1O[C@@H](Oc2c(-c3ccc(O)c(O)c3)oc3cc(O)cc(O)c3c2=O)[C@H](O)[C@H](O)[C@H]1O.O.O. The molecule has 186 valence electrons. The molecule has 0 spiro atoms. The number of rotatable bonds is 3. The Kier molecular flexibility index (Phi) is 7.62. The molecule has 0 aliphatic carbocycles. The van der Waals surface area contributed by atoms with E-state index in [0.29, 0.717) is 0 Å². The molecule has 1 aliphatic rings. The van der Waals surface area contributed by atoms with Gasteiger partial charge in [0.2, 0.25) is 17.5 Å². The fraction of sp³-hybridized carbons (Fsp3) is 0.286. The second-order valence-electron chi connectivity index (χ2n) is 7.43. The van der Waals surface area contributed by atoms with Crippen molar-refractivity contribution in [3.05, 3.63) is 40.6 Å². The van der Waals surface area contributed by atoms with Crippen molar-refractivity contribution in [2.45, 2.75) is 37.6 Å². The third-order valence-corrected chi connectivity index (χ3v) is 5.20. The molecule has 13 heteroatoms. The molecule has 4 rings (SSSR count). The maximum atomic E-state index is 13.2. The highest BCUT2D eigenvalue weighted by atomic mass is 16.7. The maximum Gasteiger partial charge on any atom is 0.239 e. The van der Waals surface area contributed by atoms with Crippen LogP contribution in [0.15, 0.2) is 39.5 Å². The van der Waals surface area contributed by atoms with Crippen LogP contribution in [-0.2, 0) is 4.74 Å². The minimum absolute atomic E-state index is 0. The molecule has 1 fully saturated rings. The first-order chi connectivity index (χ1) is 15.1. The van der Waals surface area contributed by atoms with Crippen LogP contribution in [0.3, 0.4) is 0 Å². The van der Waals surface area contributed by atoms with Gasteiger partial charge in [0.25, 0.3) is 0 Å². The molecule has 0 saturated carbocycles. The summed E-state index contributed by atoms with van der Waals surface area (Å²) >= 11 is 0. The number of hydrogen-bond acceptors (Lipinski definition) is 11. The van der Waals surface area contributed by atoms with Gasteiger partial charge in [-0.3, -0.25) is 4.79 Å². The number of aliphatic hydroxyl groups excluding tert-OH is 3. The molecule has 34 heavy (non-hydrogen) atoms. The number of phenols is 4. The maximum absolute atomic E-state index is 13.2. The van der Waals surface area contributed by atoms with Gasteiger partial charge in [-0.1, -0.05) is 0 Å². The molecule has 13 nitrogen and oxygen atoms in total. The van der Waals surface area contributed by atoms with Crippen molar-refractivity contribution < 1.29 is 60.6 Å². The lowest BCUT2D eigenvalue weighted by molar-refractivity contribution is -0.268. The standard InChI is InChI=1S/C21H20O11.2H2O/c1-7-15(26)17(28)18(29)21(30-7)32-20-16(27)14-12(25)5-9(22)6-13(14)31-19(20)8-2-3-10(23)11(24)4-8;;/h2-7,15,17-18,21-26,28-29H,1H3;2*1H2/t7-,15-,17+,18+,21-;;/m0../s1. The van der Waals surface area contributed by atoms with E-state index in [-0.39, 0.29) is 39.0 Å². The largest absolute Gasteiger partial charge is 0.508 e. The second-order valence-corrected chi connectivity index (χ2v) is 7.43. The molecule has 11 N–H and O–H groups in total. The molecular weight excluding hydrogens is 460 g/mol. The van der Waals surface area contributed by atoms with E-state index in [4.69, 9.17) is 13.9 Å². The van der Waals surface area contributed by atoms with Gasteiger partial charge in [0.1, 0.15) is 40.8 Å². The Labute approximate surface area is 190 Å². The van der Waals surface area contributed by atoms with Gasteiger partial charge in [-0.05, 0) is 25.1 Å². The minimum atomic E-state index is -1.74. The zero-order chi connectivity index (χ0) is 23.3. The smallest absolute Gasteiger partial charge is 0.239 e. The molecule has 1 saturated heterocycles. The third kappa shape index (κ3) is 4.43. The van der Waals surface area contributed by atoms with Gasteiger partial charge in [0.15, 0.2) is 17.3 Å². The zero-order valence-corrected chi connectivity index (χ0v) is 17.5. The highest BCUT2D eigenvalue weighted by Crippen LogP contribution is 2.39. The van der Waals surface area contributed by atoms with Crippen LogP contribution in [0.2, 0.25) is 0 Å². The number of aromatic hydroxyl groups is 4. The molecule has 0 amide bonds. The van der Waals surface area contributed by atoms with Crippen LogP contribution in [0.1, 0.15) is 6.92 Å². The van der Waals surface area contributed by atoms with E-state index in [1.54, 1.807) is 0 Å². The molecule has 2 aromatic carbocycles. The van der Waals surface area contributed by atoms with E-state index >= 15 is 0 Å². The van der Waals surface area contributed by atoms with Crippen molar-refractivity contribution in [3.8, 4) is 40.1 Å². The summed E-state index contributed by atoms with van der Waals surface area (Å²) in [5.74, 6) is -2.80. The highest BCUT2D eigenvalue weighted by molar-refractivity contribution is 5.88. The van der Waals surface area contributed by atoms with Crippen molar-refractivity contribution >= 4 is 11.0 Å². The van der Waals surface area contributed by atoms with Crippen LogP contribution in [0.5, 0.6) is 28.7 Å². The number of benzene rings is 2. The lowest BCUT2D eigenvalue weighted by Gasteiger charge is -2.38. The van der Waals surface area contributed by atoms with Gasteiger partial charge < -0.3 is 60.6 Å². The summed E-state index contributed by atoms with van der Waals surface area (Å²) in [6, 6.07) is 5.51. The van der Waals surface area contributed by atoms with E-state index < -0.39 is 59.1 Å². The van der Waals surface area contributed by atoms with Crippen molar-refractivity contribution in [1.29, 1.82) is 0 Å². The van der Waals surface area contributed by atoms with E-state index in [1.807, 2.05) is 0 Å². The fourth-order valence-electron chi connectivity index (χ4n) is 3.46. The molecule has 3 aromatic rings. The summed E-state index contributed by atoms with van der Waals surface area (Å²) in [7, 11) is 0. The quantitative estimate of drug-likeness (QED) is 0.218. The van der Waals surface area contributed by atoms with Crippen LogP contribution < -0.4 is 10.2 Å². The van der Waals surface area contributed by atoms with E-state index in [2.05, 4.69) is 0 Å². The van der Waals surface area contributed by atoms with Crippen molar-refractivity contribution in [1.82, 2.24) is 0 Å². The van der Waals surface area contributed by atoms with Gasteiger partial charge in [-0.15, -0.1) is 0 Å². The first kappa shape index (κ1) is 26.7. The van der Waals surface area contributed by atoms with Gasteiger partial charge >= 0.3 is 0 Å². The fourth-order valence-corrected chi connectivity index (χ4v) is 3.46. The number of fused-ring (bicyclic) bond motifs is 1. The highest BCUT2D eigenvalue weighted by Gasteiger charge is 2.44. The average molecular weight is 484 g/mol. The Bertz CT molecular complexity index is 1240. The van der Waals surface area contributed by atoms with Crippen LogP contribution in [-0.4, -0.2) is 77.4 Å². The molecule has 1 aromatic heterocycles.